The van der Waals surface area contributed by atoms with E-state index >= 15 is 0 Å². The fourth-order valence-electron chi connectivity index (χ4n) is 3.10. The van der Waals surface area contributed by atoms with Gasteiger partial charge in [-0.2, -0.15) is 13.2 Å². The molecule has 1 saturated heterocycles. The molecule has 12 heteroatoms. The van der Waals surface area contributed by atoms with Crippen LogP contribution in [0.1, 0.15) is 30.1 Å². The minimum atomic E-state index is -4.46. The van der Waals surface area contributed by atoms with Crippen LogP contribution in [-0.4, -0.2) is 53.7 Å². The highest BCUT2D eigenvalue weighted by Crippen LogP contribution is 2.30. The number of rotatable bonds is 7. The second-order valence-corrected chi connectivity index (χ2v) is 7.52. The molecule has 1 unspecified atom stereocenters. The van der Waals surface area contributed by atoms with Crippen molar-refractivity contribution in [1.29, 1.82) is 0 Å². The number of nitrogens with one attached hydrogen (secondary N) is 2. The molecule has 1 atom stereocenters. The number of hydrogen-bond acceptors (Lipinski definition) is 6. The molecule has 172 valence electrons. The summed E-state index contributed by atoms with van der Waals surface area (Å²) in [6, 6.07) is 4.13. The number of carbonyl (C=O) groups is 2. The Morgan fingerprint density at radius 3 is 2.78 bits per heavy atom. The number of hydrogen-bond donors (Lipinski definition) is 2. The first-order chi connectivity index (χ1) is 15.1. The van der Waals surface area contributed by atoms with Gasteiger partial charge in [-0.1, -0.05) is 18.5 Å². The van der Waals surface area contributed by atoms with Crippen LogP contribution in [0.15, 0.2) is 30.6 Å². The Labute approximate surface area is 187 Å². The highest BCUT2D eigenvalue weighted by molar-refractivity contribution is 6.33. The summed E-state index contributed by atoms with van der Waals surface area (Å²) < 4.78 is 41.5. The summed E-state index contributed by atoms with van der Waals surface area (Å²) in [5.74, 6) is 0.0864. The van der Waals surface area contributed by atoms with Gasteiger partial charge in [0.1, 0.15) is 17.4 Å². The number of aromatic nitrogens is 2. The molecule has 32 heavy (non-hydrogen) atoms. The standard InChI is InChI=1S/C20H21ClF3N5O3/c1-2-17(30)28-16-7-12(3-5-25-16)19(31)27-13-4-6-29(10-13)18-15(21)8-14(9-26-18)32-11-20(22,23)24/h3,5,7-9,13H,2,4,6,10-11H2,1H3,(H,27,31)(H,25,28,30). The number of anilines is 2. The maximum Gasteiger partial charge on any atom is 0.422 e. The van der Waals surface area contributed by atoms with Gasteiger partial charge in [0.05, 0.1) is 11.2 Å². The molecule has 2 aromatic rings. The first-order valence-electron chi connectivity index (χ1n) is 9.81. The van der Waals surface area contributed by atoms with E-state index in [4.69, 9.17) is 11.6 Å². The summed E-state index contributed by atoms with van der Waals surface area (Å²) in [4.78, 5) is 34.1. The summed E-state index contributed by atoms with van der Waals surface area (Å²) in [6.07, 6.45) is -0.916. The Morgan fingerprint density at radius 1 is 1.31 bits per heavy atom. The molecule has 1 fully saturated rings. The topological polar surface area (TPSA) is 96.5 Å². The Kier molecular flexibility index (Phi) is 7.39. The van der Waals surface area contributed by atoms with Crippen LogP contribution in [0, 0.1) is 0 Å². The molecule has 8 nitrogen and oxygen atoms in total. The molecule has 0 aromatic carbocycles. The van der Waals surface area contributed by atoms with E-state index < -0.39 is 12.8 Å². The van der Waals surface area contributed by atoms with E-state index in [1.54, 1.807) is 13.0 Å². The van der Waals surface area contributed by atoms with Gasteiger partial charge in [0.25, 0.3) is 5.91 Å². The smallest absolute Gasteiger partial charge is 0.422 e. The molecule has 0 spiro atoms. The summed E-state index contributed by atoms with van der Waals surface area (Å²) in [5, 5.41) is 5.67. The van der Waals surface area contributed by atoms with E-state index in [2.05, 4.69) is 25.3 Å². The molecule has 1 aliphatic heterocycles. The maximum absolute atomic E-state index is 12.6. The molecular weight excluding hydrogens is 451 g/mol. The quantitative estimate of drug-likeness (QED) is 0.642. The zero-order chi connectivity index (χ0) is 23.3. The van der Waals surface area contributed by atoms with Crippen molar-refractivity contribution in [3.63, 3.8) is 0 Å². The van der Waals surface area contributed by atoms with Gasteiger partial charge in [-0.05, 0) is 18.6 Å². The molecular formula is C20H21ClF3N5O3. The lowest BCUT2D eigenvalue weighted by atomic mass is 10.2. The number of ether oxygens (including phenoxy) is 1. The number of halogens is 4. The summed E-state index contributed by atoms with van der Waals surface area (Å²) in [5.41, 5.74) is 0.354. The van der Waals surface area contributed by atoms with E-state index in [0.29, 0.717) is 43.1 Å². The van der Waals surface area contributed by atoms with Crippen LogP contribution in [-0.2, 0) is 4.79 Å². The Hall–Kier alpha value is -3.08. The second kappa shape index (κ2) is 10.0. The van der Waals surface area contributed by atoms with Crippen molar-refractivity contribution in [1.82, 2.24) is 15.3 Å². The first-order valence-corrected chi connectivity index (χ1v) is 10.2. The number of carbonyl (C=O) groups excluding carboxylic acids is 2. The summed E-state index contributed by atoms with van der Waals surface area (Å²) in [6.45, 7) is 1.25. The van der Waals surface area contributed by atoms with Gasteiger partial charge in [0, 0.05) is 43.4 Å². The van der Waals surface area contributed by atoms with E-state index in [0.717, 1.165) is 0 Å². The van der Waals surface area contributed by atoms with E-state index in [1.807, 2.05) is 4.90 Å². The van der Waals surface area contributed by atoms with Crippen LogP contribution in [0.25, 0.3) is 0 Å². The SMILES string of the molecule is CCC(=O)Nc1cc(C(=O)NC2CCN(c3ncc(OCC(F)(F)F)cc3Cl)C2)ccn1. The molecule has 2 amide bonds. The zero-order valence-corrected chi connectivity index (χ0v) is 17.8. The lowest BCUT2D eigenvalue weighted by molar-refractivity contribution is -0.153. The fourth-order valence-corrected chi connectivity index (χ4v) is 3.38. The minimum absolute atomic E-state index is 0.0798. The molecule has 0 radical (unpaired) electrons. The van der Waals surface area contributed by atoms with Gasteiger partial charge in [-0.15, -0.1) is 0 Å². The van der Waals surface area contributed by atoms with Gasteiger partial charge in [-0.3, -0.25) is 9.59 Å². The number of alkyl halides is 3. The van der Waals surface area contributed by atoms with Crippen molar-refractivity contribution in [2.75, 3.05) is 29.9 Å². The largest absolute Gasteiger partial charge is 0.482 e. The average Bonchev–Trinajstić information content (AvgIpc) is 3.20. The van der Waals surface area contributed by atoms with E-state index in [9.17, 15) is 22.8 Å². The van der Waals surface area contributed by atoms with Crippen molar-refractivity contribution in [2.45, 2.75) is 32.0 Å². The Morgan fingerprint density at radius 2 is 2.09 bits per heavy atom. The average molecular weight is 472 g/mol. The Bertz CT molecular complexity index is 989. The predicted octanol–water partition coefficient (Wildman–Crippen LogP) is 3.43. The third-order valence-electron chi connectivity index (χ3n) is 4.63. The van der Waals surface area contributed by atoms with E-state index in [-0.39, 0.29) is 28.6 Å². The van der Waals surface area contributed by atoms with Crippen molar-refractivity contribution < 1.29 is 27.5 Å². The Balaban J connectivity index is 1.58. The molecule has 2 aromatic heterocycles. The van der Waals surface area contributed by atoms with E-state index in [1.165, 1.54) is 24.5 Å². The number of amides is 2. The number of nitrogens with zero attached hydrogens (tertiary/aromatic N) is 3. The molecule has 2 N–H and O–H groups in total. The summed E-state index contributed by atoms with van der Waals surface area (Å²) in [7, 11) is 0. The second-order valence-electron chi connectivity index (χ2n) is 7.12. The molecule has 1 aliphatic rings. The van der Waals surface area contributed by atoms with Crippen LogP contribution in [0.5, 0.6) is 5.75 Å². The third kappa shape index (κ3) is 6.46. The van der Waals surface area contributed by atoms with Gasteiger partial charge in [0.2, 0.25) is 5.91 Å². The molecule has 0 bridgehead atoms. The normalized spacial score (nSPS) is 16.0. The van der Waals surface area contributed by atoms with Crippen LogP contribution in [0.3, 0.4) is 0 Å². The number of pyridine rings is 2. The monoisotopic (exact) mass is 471 g/mol. The van der Waals surface area contributed by atoms with Crippen LogP contribution in [0.4, 0.5) is 24.8 Å². The van der Waals surface area contributed by atoms with Crippen molar-refractivity contribution in [2.24, 2.45) is 0 Å². The lowest BCUT2D eigenvalue weighted by Gasteiger charge is -2.20. The molecule has 0 saturated carbocycles. The maximum atomic E-state index is 12.6. The minimum Gasteiger partial charge on any atom is -0.482 e. The van der Waals surface area contributed by atoms with Gasteiger partial charge in [0.15, 0.2) is 6.61 Å². The fraction of sp³-hybridized carbons (Fsp3) is 0.400. The molecule has 0 aliphatic carbocycles. The zero-order valence-electron chi connectivity index (χ0n) is 17.1. The van der Waals surface area contributed by atoms with Crippen LogP contribution < -0.4 is 20.3 Å². The van der Waals surface area contributed by atoms with Gasteiger partial charge >= 0.3 is 6.18 Å². The van der Waals surface area contributed by atoms with Gasteiger partial charge in [-0.25, -0.2) is 9.97 Å². The van der Waals surface area contributed by atoms with Crippen LogP contribution in [0.2, 0.25) is 5.02 Å². The highest BCUT2D eigenvalue weighted by Gasteiger charge is 2.29. The van der Waals surface area contributed by atoms with Crippen molar-refractivity contribution >= 4 is 35.1 Å². The van der Waals surface area contributed by atoms with Crippen molar-refractivity contribution in [3.05, 3.63) is 41.2 Å². The lowest BCUT2D eigenvalue weighted by Crippen LogP contribution is -2.37. The van der Waals surface area contributed by atoms with Crippen molar-refractivity contribution in [3.8, 4) is 5.75 Å². The predicted molar refractivity (Wildman–Crippen MR) is 112 cm³/mol. The molecule has 3 heterocycles. The molecule has 3 rings (SSSR count). The van der Waals surface area contributed by atoms with Crippen LogP contribution >= 0.6 is 11.6 Å². The third-order valence-corrected chi connectivity index (χ3v) is 4.91. The summed E-state index contributed by atoms with van der Waals surface area (Å²) >= 11 is 6.19. The first kappa shape index (κ1) is 23.6. The van der Waals surface area contributed by atoms with Gasteiger partial charge < -0.3 is 20.3 Å². The highest BCUT2D eigenvalue weighted by atomic mass is 35.5.